The number of hydrazine groups is 1. The van der Waals surface area contributed by atoms with Gasteiger partial charge in [0, 0.05) is 0 Å². The van der Waals surface area contributed by atoms with E-state index in [1.54, 1.807) is 4.83 Å². The molecule has 0 saturated carbocycles. The van der Waals surface area contributed by atoms with Crippen molar-refractivity contribution in [3.63, 3.8) is 0 Å². The summed E-state index contributed by atoms with van der Waals surface area (Å²) in [6.07, 6.45) is -1.23. The molecule has 0 aliphatic rings. The normalized spacial score (nSPS) is 12.5. The zero-order valence-corrected chi connectivity index (χ0v) is 13.6. The van der Waals surface area contributed by atoms with E-state index >= 15 is 0 Å². The first-order chi connectivity index (χ1) is 11.7. The van der Waals surface area contributed by atoms with Crippen molar-refractivity contribution in [2.24, 2.45) is 0 Å². The van der Waals surface area contributed by atoms with Gasteiger partial charge in [-0.05, 0) is 37.3 Å². The van der Waals surface area contributed by atoms with Gasteiger partial charge in [0.2, 0.25) is 0 Å². The van der Waals surface area contributed by atoms with Crippen LogP contribution < -0.4 is 15.0 Å². The molecule has 0 saturated heterocycles. The fraction of sp³-hybridized carbons (Fsp3) is 0.133. The first-order valence-corrected chi connectivity index (χ1v) is 8.37. The van der Waals surface area contributed by atoms with Crippen molar-refractivity contribution in [3.05, 3.63) is 59.9 Å². The van der Waals surface area contributed by atoms with Gasteiger partial charge in [0.15, 0.2) is 29.3 Å². The largest absolute Gasteiger partial charge is 0.478 e. The van der Waals surface area contributed by atoms with Crippen LogP contribution in [0.1, 0.15) is 6.92 Å². The molecule has 0 unspecified atom stereocenters. The first-order valence-electron chi connectivity index (χ1n) is 6.88. The molecule has 0 radical (unpaired) electrons. The topological polar surface area (TPSA) is 84.5 Å². The van der Waals surface area contributed by atoms with Gasteiger partial charge < -0.3 is 4.74 Å². The summed E-state index contributed by atoms with van der Waals surface area (Å²) in [5.41, 5.74) is 1.85. The number of hydrogen-bond donors (Lipinski definition) is 2. The van der Waals surface area contributed by atoms with Crippen LogP contribution in [0.5, 0.6) is 5.75 Å². The van der Waals surface area contributed by atoms with E-state index in [0.29, 0.717) is 12.1 Å². The molecule has 0 aliphatic carbocycles. The van der Waals surface area contributed by atoms with Crippen molar-refractivity contribution < 1.29 is 31.1 Å². The number of para-hydroxylation sites is 1. The highest BCUT2D eigenvalue weighted by Crippen LogP contribution is 2.17. The van der Waals surface area contributed by atoms with E-state index in [9.17, 15) is 26.4 Å². The summed E-state index contributed by atoms with van der Waals surface area (Å²) in [6.45, 7) is 1.27. The van der Waals surface area contributed by atoms with E-state index in [0.717, 1.165) is 12.1 Å². The molecule has 10 heteroatoms. The summed E-state index contributed by atoms with van der Waals surface area (Å²) in [7, 11) is -4.33. The van der Waals surface area contributed by atoms with Gasteiger partial charge in [-0.25, -0.2) is 21.6 Å². The first kappa shape index (κ1) is 18.7. The summed E-state index contributed by atoms with van der Waals surface area (Å²) in [4.78, 5) is 13.0. The fourth-order valence-corrected chi connectivity index (χ4v) is 2.56. The lowest BCUT2D eigenvalue weighted by Crippen LogP contribution is -2.47. The average molecular weight is 374 g/mol. The van der Waals surface area contributed by atoms with Crippen LogP contribution in [0.3, 0.4) is 0 Å². The van der Waals surface area contributed by atoms with Gasteiger partial charge in [-0.3, -0.25) is 10.2 Å². The molecule has 0 aliphatic heterocycles. The Hall–Kier alpha value is -2.59. The lowest BCUT2D eigenvalue weighted by molar-refractivity contribution is -0.127. The molecule has 1 atom stereocenters. The van der Waals surface area contributed by atoms with Crippen LogP contribution in [0.15, 0.2) is 47.4 Å². The van der Waals surface area contributed by atoms with Crippen molar-refractivity contribution >= 4 is 15.9 Å². The maximum Gasteiger partial charge on any atom is 0.275 e. The standard InChI is InChI=1S/C15H13F3N2O4S/c1-9(24-14-5-3-2-4-12(14)17)15(21)19-20-25(22,23)10-6-7-11(16)13(18)8-10/h2-9,20H,1H3,(H,19,21)/t9-/m0/s1. The van der Waals surface area contributed by atoms with E-state index in [4.69, 9.17) is 4.74 Å². The lowest BCUT2D eigenvalue weighted by atomic mass is 10.3. The predicted molar refractivity (Wildman–Crippen MR) is 81.3 cm³/mol. The van der Waals surface area contributed by atoms with Crippen LogP contribution in [-0.4, -0.2) is 20.4 Å². The van der Waals surface area contributed by atoms with Crippen LogP contribution in [0.25, 0.3) is 0 Å². The van der Waals surface area contributed by atoms with Crippen molar-refractivity contribution in [1.29, 1.82) is 0 Å². The Labute approximate surface area is 141 Å². The fourth-order valence-electron chi connectivity index (χ4n) is 1.71. The second-order valence-electron chi connectivity index (χ2n) is 4.86. The number of ether oxygens (including phenoxy) is 1. The number of carbonyl (C=O) groups is 1. The maximum absolute atomic E-state index is 13.4. The highest BCUT2D eigenvalue weighted by Gasteiger charge is 2.21. The predicted octanol–water partition coefficient (Wildman–Crippen LogP) is 1.88. The van der Waals surface area contributed by atoms with Crippen LogP contribution in [0.4, 0.5) is 13.2 Å². The van der Waals surface area contributed by atoms with Crippen LogP contribution >= 0.6 is 0 Å². The molecule has 134 valence electrons. The Morgan fingerprint density at radius 2 is 1.72 bits per heavy atom. The van der Waals surface area contributed by atoms with E-state index < -0.39 is 44.4 Å². The number of sulfonamides is 1. The number of benzene rings is 2. The van der Waals surface area contributed by atoms with E-state index in [1.807, 2.05) is 5.43 Å². The van der Waals surface area contributed by atoms with E-state index in [1.165, 1.54) is 25.1 Å². The number of carbonyl (C=O) groups excluding carboxylic acids is 1. The Balaban J connectivity index is 2.00. The van der Waals surface area contributed by atoms with Gasteiger partial charge in [-0.2, -0.15) is 0 Å². The minimum Gasteiger partial charge on any atom is -0.478 e. The van der Waals surface area contributed by atoms with Crippen LogP contribution in [-0.2, 0) is 14.8 Å². The number of rotatable bonds is 6. The minimum atomic E-state index is -4.33. The molecule has 2 N–H and O–H groups in total. The van der Waals surface area contributed by atoms with Crippen LogP contribution in [0.2, 0.25) is 0 Å². The van der Waals surface area contributed by atoms with Gasteiger partial charge in [-0.15, -0.1) is 4.83 Å². The average Bonchev–Trinajstić information content (AvgIpc) is 2.57. The molecule has 2 rings (SSSR count). The third-order valence-corrected chi connectivity index (χ3v) is 4.26. The van der Waals surface area contributed by atoms with Crippen LogP contribution in [0, 0.1) is 17.5 Å². The zero-order chi connectivity index (χ0) is 18.6. The van der Waals surface area contributed by atoms with Gasteiger partial charge in [0.05, 0.1) is 4.90 Å². The third-order valence-electron chi connectivity index (χ3n) is 3.02. The molecule has 0 bridgehead atoms. The molecular weight excluding hydrogens is 361 g/mol. The molecular formula is C15H13F3N2O4S. The Kier molecular flexibility index (Phi) is 5.65. The molecule has 0 heterocycles. The van der Waals surface area contributed by atoms with Gasteiger partial charge in [0.25, 0.3) is 15.9 Å². The van der Waals surface area contributed by atoms with E-state index in [2.05, 4.69) is 0 Å². The van der Waals surface area contributed by atoms with Crippen molar-refractivity contribution in [2.75, 3.05) is 0 Å². The van der Waals surface area contributed by atoms with Crippen molar-refractivity contribution in [1.82, 2.24) is 10.3 Å². The van der Waals surface area contributed by atoms with Crippen molar-refractivity contribution in [2.45, 2.75) is 17.9 Å². The molecule has 0 spiro atoms. The summed E-state index contributed by atoms with van der Waals surface area (Å²) in [5.74, 6) is -4.37. The summed E-state index contributed by atoms with van der Waals surface area (Å²) in [6, 6.07) is 7.28. The summed E-state index contributed by atoms with van der Waals surface area (Å²) >= 11 is 0. The highest BCUT2D eigenvalue weighted by molar-refractivity contribution is 7.89. The smallest absolute Gasteiger partial charge is 0.275 e. The second kappa shape index (κ2) is 7.53. The zero-order valence-electron chi connectivity index (χ0n) is 12.8. The molecule has 2 aromatic rings. The van der Waals surface area contributed by atoms with Crippen molar-refractivity contribution in [3.8, 4) is 5.75 Å². The summed E-state index contributed by atoms with van der Waals surface area (Å²) < 4.78 is 68.3. The number of amides is 1. The van der Waals surface area contributed by atoms with Gasteiger partial charge in [-0.1, -0.05) is 12.1 Å². The molecule has 6 nitrogen and oxygen atoms in total. The Bertz CT molecular complexity index is 890. The number of hydrogen-bond acceptors (Lipinski definition) is 4. The molecule has 2 aromatic carbocycles. The molecule has 0 fully saturated rings. The molecule has 1 amide bonds. The highest BCUT2D eigenvalue weighted by atomic mass is 32.2. The SMILES string of the molecule is C[C@H](Oc1ccccc1F)C(=O)NNS(=O)(=O)c1ccc(F)c(F)c1. The summed E-state index contributed by atoms with van der Waals surface area (Å²) in [5, 5.41) is 0. The third kappa shape index (κ3) is 4.70. The van der Waals surface area contributed by atoms with E-state index in [-0.39, 0.29) is 5.75 Å². The number of nitrogens with one attached hydrogen (secondary N) is 2. The molecule has 25 heavy (non-hydrogen) atoms. The van der Waals surface area contributed by atoms with Gasteiger partial charge in [0.1, 0.15) is 0 Å². The Morgan fingerprint density at radius 3 is 2.36 bits per heavy atom. The minimum absolute atomic E-state index is 0.186. The maximum atomic E-state index is 13.4. The quantitative estimate of drug-likeness (QED) is 0.757. The Morgan fingerprint density at radius 1 is 1.04 bits per heavy atom. The second-order valence-corrected chi connectivity index (χ2v) is 6.54. The van der Waals surface area contributed by atoms with Gasteiger partial charge >= 0.3 is 0 Å². The number of halogens is 3. The monoisotopic (exact) mass is 374 g/mol. The lowest BCUT2D eigenvalue weighted by Gasteiger charge is -2.15. The molecule has 0 aromatic heterocycles.